The van der Waals surface area contributed by atoms with Crippen LogP contribution in [-0.2, 0) is 15.7 Å². The van der Waals surface area contributed by atoms with Gasteiger partial charge in [-0.2, -0.15) is 9.82 Å². The number of pyridine rings is 2. The van der Waals surface area contributed by atoms with Gasteiger partial charge in [0.2, 0.25) is 15.9 Å². The number of benzene rings is 1. The van der Waals surface area contributed by atoms with Crippen LogP contribution in [-0.4, -0.2) is 40.5 Å². The van der Waals surface area contributed by atoms with Crippen LogP contribution in [0.1, 0.15) is 31.7 Å². The second-order valence-electron chi connectivity index (χ2n) is 8.18. The van der Waals surface area contributed by atoms with E-state index in [1.807, 2.05) is 37.3 Å². The zero-order chi connectivity index (χ0) is 23.8. The quantitative estimate of drug-likeness (QED) is 0.366. The van der Waals surface area contributed by atoms with Gasteiger partial charge in [-0.25, -0.2) is 23.1 Å². The fourth-order valence-corrected chi connectivity index (χ4v) is 5.57. The van der Waals surface area contributed by atoms with E-state index in [9.17, 15) is 8.42 Å². The fourth-order valence-electron chi connectivity index (χ4n) is 3.89. The molecule has 176 valence electrons. The predicted molar refractivity (Wildman–Crippen MR) is 127 cm³/mol. The zero-order valence-corrected chi connectivity index (χ0v) is 19.7. The molecule has 4 aromatic rings. The highest BCUT2D eigenvalue weighted by Gasteiger charge is 2.44. The minimum atomic E-state index is -3.58. The molecule has 9 nitrogen and oxygen atoms in total. The number of hydrogen-bond donors (Lipinski definition) is 1. The molecule has 1 aromatic carbocycles. The lowest BCUT2D eigenvalue weighted by Crippen LogP contribution is -2.51. The summed E-state index contributed by atoms with van der Waals surface area (Å²) in [5.41, 5.74) is 0.134. The predicted octanol–water partition coefficient (Wildman–Crippen LogP) is 3.55. The molecule has 3 aromatic heterocycles. The van der Waals surface area contributed by atoms with Crippen molar-refractivity contribution in [1.29, 1.82) is 0 Å². The van der Waals surface area contributed by atoms with E-state index in [1.54, 1.807) is 41.5 Å². The molecule has 1 aliphatic carbocycles. The SMILES string of the molecule is CCC(NS(=O)(=O)C1CC1)(Oc1ccc2c(cnn2-c2ccccn2)c1)c1ccnc(OC)c1. The van der Waals surface area contributed by atoms with Crippen LogP contribution in [0.2, 0.25) is 0 Å². The summed E-state index contributed by atoms with van der Waals surface area (Å²) in [6.07, 6.45) is 6.66. The Balaban J connectivity index is 1.55. The Morgan fingerprint density at radius 3 is 2.68 bits per heavy atom. The van der Waals surface area contributed by atoms with E-state index in [1.165, 1.54) is 7.11 Å². The molecule has 0 amide bonds. The van der Waals surface area contributed by atoms with Gasteiger partial charge >= 0.3 is 0 Å². The van der Waals surface area contributed by atoms with Crippen LogP contribution >= 0.6 is 0 Å². The Morgan fingerprint density at radius 1 is 1.12 bits per heavy atom. The largest absolute Gasteiger partial charge is 0.481 e. The average molecular weight is 480 g/mol. The summed E-state index contributed by atoms with van der Waals surface area (Å²) in [7, 11) is -2.06. The van der Waals surface area contributed by atoms with Crippen LogP contribution < -0.4 is 14.2 Å². The van der Waals surface area contributed by atoms with E-state index in [0.717, 1.165) is 10.9 Å². The van der Waals surface area contributed by atoms with Gasteiger partial charge in [-0.05, 0) is 49.2 Å². The maximum atomic E-state index is 13.0. The fraction of sp³-hybridized carbons (Fsp3) is 0.292. The molecule has 1 N–H and O–H groups in total. The molecular weight excluding hydrogens is 454 g/mol. The Hall–Kier alpha value is -3.50. The van der Waals surface area contributed by atoms with Gasteiger partial charge in [0.25, 0.3) is 0 Å². The monoisotopic (exact) mass is 479 g/mol. The highest BCUT2D eigenvalue weighted by Crippen LogP contribution is 2.36. The molecule has 10 heteroatoms. The van der Waals surface area contributed by atoms with Crippen molar-refractivity contribution in [3.63, 3.8) is 0 Å². The summed E-state index contributed by atoms with van der Waals surface area (Å²) in [5.74, 6) is 1.58. The first-order valence-corrected chi connectivity index (χ1v) is 12.6. The van der Waals surface area contributed by atoms with Crippen molar-refractivity contribution in [3.8, 4) is 17.4 Å². The zero-order valence-electron chi connectivity index (χ0n) is 18.9. The van der Waals surface area contributed by atoms with Crippen molar-refractivity contribution >= 4 is 20.9 Å². The Labute approximate surface area is 197 Å². The smallest absolute Gasteiger partial charge is 0.217 e. The normalized spacial score (nSPS) is 15.7. The van der Waals surface area contributed by atoms with Gasteiger partial charge < -0.3 is 9.47 Å². The van der Waals surface area contributed by atoms with E-state index in [0.29, 0.717) is 42.3 Å². The van der Waals surface area contributed by atoms with Crippen LogP contribution in [0.5, 0.6) is 11.6 Å². The first-order valence-electron chi connectivity index (χ1n) is 11.1. The van der Waals surface area contributed by atoms with Crippen molar-refractivity contribution in [2.75, 3.05) is 7.11 Å². The number of hydrogen-bond acceptors (Lipinski definition) is 7. The molecule has 34 heavy (non-hydrogen) atoms. The molecule has 0 bridgehead atoms. The highest BCUT2D eigenvalue weighted by molar-refractivity contribution is 7.90. The third-order valence-corrected chi connectivity index (χ3v) is 7.84. The number of sulfonamides is 1. The summed E-state index contributed by atoms with van der Waals surface area (Å²) in [6, 6.07) is 14.6. The minimum absolute atomic E-state index is 0.345. The standard InChI is InChI=1S/C24H25N5O4S/c1-3-24(28-34(30,31)20-8-9-20,18-11-13-26-23(15-18)32-2)33-19-7-10-21-17(14-19)16-27-29(21)22-6-4-5-12-25-22/h4-7,10-16,20,28H,3,8-9H2,1-2H3. The lowest BCUT2D eigenvalue weighted by atomic mass is 10.0. The Kier molecular flexibility index (Phi) is 5.70. The molecule has 1 unspecified atom stereocenters. The molecule has 0 saturated heterocycles. The van der Waals surface area contributed by atoms with Crippen LogP contribution in [0.25, 0.3) is 16.7 Å². The lowest BCUT2D eigenvalue weighted by Gasteiger charge is -2.34. The molecule has 5 rings (SSSR count). The van der Waals surface area contributed by atoms with Gasteiger partial charge in [-0.3, -0.25) is 0 Å². The van der Waals surface area contributed by atoms with E-state index in [4.69, 9.17) is 9.47 Å². The number of methoxy groups -OCH3 is 1. The van der Waals surface area contributed by atoms with E-state index < -0.39 is 21.0 Å². The van der Waals surface area contributed by atoms with Crippen molar-refractivity contribution in [1.82, 2.24) is 24.5 Å². The molecule has 1 saturated carbocycles. The molecule has 0 spiro atoms. The maximum Gasteiger partial charge on any atom is 0.217 e. The van der Waals surface area contributed by atoms with Crippen molar-refractivity contribution in [3.05, 3.63) is 72.7 Å². The summed E-state index contributed by atoms with van der Waals surface area (Å²) in [5, 5.41) is 4.90. The third kappa shape index (κ3) is 4.22. The first-order chi connectivity index (χ1) is 16.4. The number of fused-ring (bicyclic) bond motifs is 1. The van der Waals surface area contributed by atoms with Crippen molar-refractivity contribution in [2.24, 2.45) is 0 Å². The number of aromatic nitrogens is 4. The topological polar surface area (TPSA) is 108 Å². The Bertz CT molecular complexity index is 1420. The van der Waals surface area contributed by atoms with Gasteiger partial charge in [0.1, 0.15) is 5.75 Å². The van der Waals surface area contributed by atoms with Gasteiger partial charge in [0.05, 0.1) is 24.1 Å². The molecule has 0 aliphatic heterocycles. The van der Waals surface area contributed by atoms with Crippen LogP contribution in [0.4, 0.5) is 0 Å². The summed E-state index contributed by atoms with van der Waals surface area (Å²) < 4.78 is 42.3. The minimum Gasteiger partial charge on any atom is -0.481 e. The third-order valence-electron chi connectivity index (χ3n) is 5.88. The number of nitrogens with one attached hydrogen (secondary N) is 1. The first kappa shape index (κ1) is 22.3. The second-order valence-corrected chi connectivity index (χ2v) is 10.1. The molecule has 3 heterocycles. The molecule has 1 aliphatic rings. The molecule has 0 radical (unpaired) electrons. The van der Waals surface area contributed by atoms with E-state index in [2.05, 4.69) is 19.8 Å². The maximum absolute atomic E-state index is 13.0. The summed E-state index contributed by atoms with van der Waals surface area (Å²) in [4.78, 5) is 8.52. The highest BCUT2D eigenvalue weighted by atomic mass is 32.2. The number of rotatable bonds is 9. The molecular formula is C24H25N5O4S. The van der Waals surface area contributed by atoms with E-state index >= 15 is 0 Å². The molecule has 1 fully saturated rings. The van der Waals surface area contributed by atoms with Crippen LogP contribution in [0.3, 0.4) is 0 Å². The van der Waals surface area contributed by atoms with Crippen molar-refractivity contribution < 1.29 is 17.9 Å². The summed E-state index contributed by atoms with van der Waals surface area (Å²) >= 11 is 0. The molecule has 1 atom stereocenters. The van der Waals surface area contributed by atoms with Crippen LogP contribution in [0.15, 0.2) is 67.1 Å². The van der Waals surface area contributed by atoms with Crippen molar-refractivity contribution in [2.45, 2.75) is 37.2 Å². The van der Waals surface area contributed by atoms with Gasteiger partial charge in [-0.15, -0.1) is 0 Å². The van der Waals surface area contributed by atoms with Gasteiger partial charge in [-0.1, -0.05) is 13.0 Å². The van der Waals surface area contributed by atoms with Gasteiger partial charge in [0.15, 0.2) is 11.5 Å². The number of ether oxygens (including phenoxy) is 2. The summed E-state index contributed by atoms with van der Waals surface area (Å²) in [6.45, 7) is 1.87. The Morgan fingerprint density at radius 2 is 1.97 bits per heavy atom. The number of nitrogens with zero attached hydrogens (tertiary/aromatic N) is 4. The van der Waals surface area contributed by atoms with Crippen LogP contribution in [0, 0.1) is 0 Å². The average Bonchev–Trinajstić information content (AvgIpc) is 3.65. The second kappa shape index (κ2) is 8.69. The van der Waals surface area contributed by atoms with Gasteiger partial charge in [0, 0.05) is 35.8 Å². The lowest BCUT2D eigenvalue weighted by molar-refractivity contribution is 0.0492. The van der Waals surface area contributed by atoms with E-state index in [-0.39, 0.29) is 0 Å².